The van der Waals surface area contributed by atoms with Crippen LogP contribution < -0.4 is 0 Å². The van der Waals surface area contributed by atoms with Crippen LogP contribution in [0.4, 0.5) is 0 Å². The van der Waals surface area contributed by atoms with Gasteiger partial charge in [0.25, 0.3) is 0 Å². The highest BCUT2D eigenvalue weighted by atomic mass is 35.5. The molecule has 0 aliphatic carbocycles. The van der Waals surface area contributed by atoms with Gasteiger partial charge >= 0.3 is 0 Å². The third kappa shape index (κ3) is 3.16. The van der Waals surface area contributed by atoms with Crippen molar-refractivity contribution in [2.75, 3.05) is 6.54 Å². The Labute approximate surface area is 146 Å². The van der Waals surface area contributed by atoms with E-state index in [1.165, 1.54) is 5.56 Å². The zero-order chi connectivity index (χ0) is 16.4. The van der Waals surface area contributed by atoms with Gasteiger partial charge in [0, 0.05) is 55.1 Å². The molecule has 1 aliphatic rings. The van der Waals surface area contributed by atoms with Gasteiger partial charge < -0.3 is 0 Å². The van der Waals surface area contributed by atoms with Gasteiger partial charge in [0.15, 0.2) is 5.82 Å². The lowest BCUT2D eigenvalue weighted by atomic mass is 10.1. The molecule has 2 aromatic heterocycles. The molecule has 3 aromatic rings. The van der Waals surface area contributed by atoms with E-state index in [2.05, 4.69) is 14.9 Å². The molecule has 0 spiro atoms. The Kier molecular flexibility index (Phi) is 4.24. The molecule has 0 amide bonds. The van der Waals surface area contributed by atoms with Crippen molar-refractivity contribution in [2.45, 2.75) is 19.5 Å². The molecule has 0 saturated carbocycles. The van der Waals surface area contributed by atoms with Crippen LogP contribution >= 0.6 is 11.6 Å². The largest absolute Gasteiger partial charge is 0.294 e. The first-order valence-electron chi connectivity index (χ1n) is 8.01. The lowest BCUT2D eigenvalue weighted by Gasteiger charge is -2.28. The molecule has 4 nitrogen and oxygen atoms in total. The molecule has 0 radical (unpaired) electrons. The van der Waals surface area contributed by atoms with Crippen molar-refractivity contribution in [3.8, 4) is 11.4 Å². The summed E-state index contributed by atoms with van der Waals surface area (Å²) in [5.41, 5.74) is 4.47. The number of rotatable bonds is 3. The highest BCUT2D eigenvalue weighted by molar-refractivity contribution is 6.30. The number of pyridine rings is 1. The van der Waals surface area contributed by atoms with Crippen molar-refractivity contribution in [1.82, 2.24) is 19.9 Å². The minimum Gasteiger partial charge on any atom is -0.294 e. The van der Waals surface area contributed by atoms with Crippen LogP contribution in [0.3, 0.4) is 0 Å². The highest BCUT2D eigenvalue weighted by Gasteiger charge is 2.19. The average molecular weight is 337 g/mol. The van der Waals surface area contributed by atoms with E-state index in [4.69, 9.17) is 16.6 Å². The Balaban J connectivity index is 1.53. The van der Waals surface area contributed by atoms with Gasteiger partial charge in [0.1, 0.15) is 5.15 Å². The Morgan fingerprint density at radius 2 is 1.92 bits per heavy atom. The second-order valence-electron chi connectivity index (χ2n) is 5.95. The van der Waals surface area contributed by atoms with Crippen molar-refractivity contribution in [3.63, 3.8) is 0 Å². The number of benzene rings is 1. The summed E-state index contributed by atoms with van der Waals surface area (Å²) in [7, 11) is 0. The fraction of sp³-hybridized carbons (Fsp3) is 0.211. The summed E-state index contributed by atoms with van der Waals surface area (Å²) < 4.78 is 0. The third-order valence-corrected chi connectivity index (χ3v) is 4.62. The summed E-state index contributed by atoms with van der Waals surface area (Å²) in [4.78, 5) is 15.8. The van der Waals surface area contributed by atoms with Gasteiger partial charge in [-0.15, -0.1) is 0 Å². The second-order valence-corrected chi connectivity index (χ2v) is 6.30. The normalized spacial score (nSPS) is 14.4. The minimum absolute atomic E-state index is 0.582. The Bertz CT molecular complexity index is 851. The van der Waals surface area contributed by atoms with Crippen molar-refractivity contribution < 1.29 is 0 Å². The predicted octanol–water partition coefficient (Wildman–Crippen LogP) is 3.75. The summed E-state index contributed by atoms with van der Waals surface area (Å²) in [5, 5.41) is 0.582. The van der Waals surface area contributed by atoms with E-state index >= 15 is 0 Å². The Hall–Kier alpha value is -2.30. The molecule has 0 atom stereocenters. The summed E-state index contributed by atoms with van der Waals surface area (Å²) in [6, 6.07) is 14.1. The summed E-state index contributed by atoms with van der Waals surface area (Å²) in [6.45, 7) is 2.60. The van der Waals surface area contributed by atoms with Crippen LogP contribution in [0.2, 0.25) is 5.15 Å². The smallest absolute Gasteiger partial charge is 0.159 e. The molecule has 0 fully saturated rings. The topological polar surface area (TPSA) is 41.9 Å². The van der Waals surface area contributed by atoms with E-state index in [-0.39, 0.29) is 0 Å². The Morgan fingerprint density at radius 3 is 2.75 bits per heavy atom. The van der Waals surface area contributed by atoms with Crippen LogP contribution in [0.5, 0.6) is 0 Å². The second kappa shape index (κ2) is 6.67. The Morgan fingerprint density at radius 1 is 1.04 bits per heavy atom. The lowest BCUT2D eigenvalue weighted by molar-refractivity contribution is 0.243. The third-order valence-electron chi connectivity index (χ3n) is 4.28. The zero-order valence-corrected chi connectivity index (χ0v) is 13.9. The monoisotopic (exact) mass is 336 g/mol. The molecular weight excluding hydrogens is 320 g/mol. The van der Waals surface area contributed by atoms with Crippen LogP contribution in [-0.2, 0) is 19.5 Å². The first kappa shape index (κ1) is 15.2. The van der Waals surface area contributed by atoms with E-state index in [0.29, 0.717) is 5.15 Å². The molecule has 1 aromatic carbocycles. The van der Waals surface area contributed by atoms with Crippen LogP contribution in [0, 0.1) is 0 Å². The first-order valence-corrected chi connectivity index (χ1v) is 8.39. The molecule has 0 saturated heterocycles. The maximum atomic E-state index is 6.17. The van der Waals surface area contributed by atoms with Crippen molar-refractivity contribution >= 4 is 11.6 Å². The van der Waals surface area contributed by atoms with Gasteiger partial charge in [-0.3, -0.25) is 4.90 Å². The van der Waals surface area contributed by atoms with Gasteiger partial charge in [0.05, 0.1) is 5.69 Å². The molecule has 120 valence electrons. The van der Waals surface area contributed by atoms with Gasteiger partial charge in [-0.2, -0.15) is 0 Å². The van der Waals surface area contributed by atoms with E-state index in [0.717, 1.165) is 48.7 Å². The number of hydrogen-bond acceptors (Lipinski definition) is 4. The number of nitrogens with zero attached hydrogens (tertiary/aromatic N) is 4. The van der Waals surface area contributed by atoms with Gasteiger partial charge in [0.2, 0.25) is 0 Å². The van der Waals surface area contributed by atoms with E-state index in [9.17, 15) is 0 Å². The summed E-state index contributed by atoms with van der Waals surface area (Å²) >= 11 is 6.17. The number of halogens is 1. The predicted molar refractivity (Wildman–Crippen MR) is 94.5 cm³/mol. The quantitative estimate of drug-likeness (QED) is 0.683. The average Bonchev–Trinajstić information content (AvgIpc) is 2.64. The SMILES string of the molecule is Clc1ncccc1CN1CCc2nc(-c3ccccc3)ncc2C1. The lowest BCUT2D eigenvalue weighted by Crippen LogP contribution is -2.31. The molecule has 24 heavy (non-hydrogen) atoms. The van der Waals surface area contributed by atoms with E-state index < -0.39 is 0 Å². The van der Waals surface area contributed by atoms with E-state index in [1.54, 1.807) is 6.20 Å². The van der Waals surface area contributed by atoms with Crippen LogP contribution in [0.15, 0.2) is 54.9 Å². The molecule has 3 heterocycles. The number of hydrogen-bond donors (Lipinski definition) is 0. The molecule has 5 heteroatoms. The zero-order valence-electron chi connectivity index (χ0n) is 13.2. The fourth-order valence-corrected chi connectivity index (χ4v) is 3.19. The highest BCUT2D eigenvalue weighted by Crippen LogP contribution is 2.23. The number of aromatic nitrogens is 3. The molecule has 0 unspecified atom stereocenters. The first-order chi connectivity index (χ1) is 11.8. The minimum atomic E-state index is 0.582. The molecule has 4 rings (SSSR count). The van der Waals surface area contributed by atoms with Crippen molar-refractivity contribution in [1.29, 1.82) is 0 Å². The summed E-state index contributed by atoms with van der Waals surface area (Å²) in [6.07, 6.45) is 4.60. The van der Waals surface area contributed by atoms with Crippen molar-refractivity contribution in [2.24, 2.45) is 0 Å². The molecule has 0 bridgehead atoms. The molecule has 0 N–H and O–H groups in total. The van der Waals surface area contributed by atoms with Crippen molar-refractivity contribution in [3.05, 3.63) is 76.8 Å². The maximum Gasteiger partial charge on any atom is 0.159 e. The fourth-order valence-electron chi connectivity index (χ4n) is 3.01. The number of fused-ring (bicyclic) bond motifs is 1. The van der Waals surface area contributed by atoms with E-state index in [1.807, 2.05) is 48.7 Å². The standard InChI is InChI=1S/C19H17ClN4/c20-18-15(7-4-9-21-18)12-24-10-8-17-16(13-24)11-22-19(23-17)14-5-2-1-3-6-14/h1-7,9,11H,8,10,12-13H2. The summed E-state index contributed by atoms with van der Waals surface area (Å²) in [5.74, 6) is 0.804. The van der Waals surface area contributed by atoms with Gasteiger partial charge in [-0.25, -0.2) is 15.0 Å². The van der Waals surface area contributed by atoms with Crippen LogP contribution in [0.1, 0.15) is 16.8 Å². The van der Waals surface area contributed by atoms with Crippen LogP contribution in [-0.4, -0.2) is 26.4 Å². The van der Waals surface area contributed by atoms with Gasteiger partial charge in [-0.05, 0) is 6.07 Å². The van der Waals surface area contributed by atoms with Crippen LogP contribution in [0.25, 0.3) is 11.4 Å². The maximum absolute atomic E-state index is 6.17. The molecular formula is C19H17ClN4. The molecule has 1 aliphatic heterocycles. The van der Waals surface area contributed by atoms with Gasteiger partial charge in [-0.1, -0.05) is 48.0 Å².